The van der Waals surface area contributed by atoms with Crippen molar-refractivity contribution in [1.29, 1.82) is 0 Å². The first-order chi connectivity index (χ1) is 7.41. The second kappa shape index (κ2) is 5.30. The van der Waals surface area contributed by atoms with Gasteiger partial charge in [0, 0.05) is 24.8 Å². The Morgan fingerprint density at radius 1 is 1.31 bits per heavy atom. The molecule has 2 nitrogen and oxygen atoms in total. The fourth-order valence-corrected chi connectivity index (χ4v) is 1.85. The SMILES string of the molecule is CC(C)CN(C)c1ccc(F)cc1[C@@H](C)O. The van der Waals surface area contributed by atoms with Crippen molar-refractivity contribution in [1.82, 2.24) is 0 Å². The number of hydrogen-bond acceptors (Lipinski definition) is 2. The molecular weight excluding hydrogens is 205 g/mol. The van der Waals surface area contributed by atoms with Gasteiger partial charge in [-0.05, 0) is 31.0 Å². The third-order valence-corrected chi connectivity index (χ3v) is 2.49. The molecule has 1 atom stereocenters. The highest BCUT2D eigenvalue weighted by molar-refractivity contribution is 5.54. The first-order valence-electron chi connectivity index (χ1n) is 5.60. The van der Waals surface area contributed by atoms with E-state index in [2.05, 4.69) is 13.8 Å². The first-order valence-corrected chi connectivity index (χ1v) is 5.60. The van der Waals surface area contributed by atoms with E-state index in [1.54, 1.807) is 13.0 Å². The molecule has 3 heteroatoms. The van der Waals surface area contributed by atoms with Crippen LogP contribution in [0, 0.1) is 11.7 Å². The molecule has 1 rings (SSSR count). The van der Waals surface area contributed by atoms with Crippen molar-refractivity contribution in [2.45, 2.75) is 26.9 Å². The molecule has 0 aromatic heterocycles. The van der Waals surface area contributed by atoms with Gasteiger partial charge in [0.15, 0.2) is 0 Å². The van der Waals surface area contributed by atoms with E-state index >= 15 is 0 Å². The van der Waals surface area contributed by atoms with Crippen molar-refractivity contribution in [2.75, 3.05) is 18.5 Å². The smallest absolute Gasteiger partial charge is 0.123 e. The van der Waals surface area contributed by atoms with Gasteiger partial charge in [-0.2, -0.15) is 0 Å². The molecule has 0 heterocycles. The van der Waals surface area contributed by atoms with Crippen molar-refractivity contribution in [3.05, 3.63) is 29.6 Å². The predicted molar refractivity (Wildman–Crippen MR) is 65.1 cm³/mol. The fourth-order valence-electron chi connectivity index (χ4n) is 1.85. The lowest BCUT2D eigenvalue weighted by molar-refractivity contribution is 0.199. The number of aliphatic hydroxyl groups is 1. The Morgan fingerprint density at radius 2 is 1.94 bits per heavy atom. The van der Waals surface area contributed by atoms with E-state index in [0.29, 0.717) is 11.5 Å². The molecule has 0 saturated heterocycles. The lowest BCUT2D eigenvalue weighted by atomic mass is 10.1. The number of rotatable bonds is 4. The second-order valence-electron chi connectivity index (χ2n) is 4.65. The molecule has 0 aliphatic carbocycles. The molecule has 90 valence electrons. The van der Waals surface area contributed by atoms with Gasteiger partial charge >= 0.3 is 0 Å². The topological polar surface area (TPSA) is 23.5 Å². The van der Waals surface area contributed by atoms with Crippen LogP contribution in [0.3, 0.4) is 0 Å². The van der Waals surface area contributed by atoms with E-state index in [1.807, 2.05) is 11.9 Å². The maximum absolute atomic E-state index is 13.1. The molecule has 1 aromatic rings. The van der Waals surface area contributed by atoms with Gasteiger partial charge in [0.1, 0.15) is 5.82 Å². The summed E-state index contributed by atoms with van der Waals surface area (Å²) in [6, 6.07) is 4.55. The number of aliphatic hydroxyl groups excluding tert-OH is 1. The molecule has 0 amide bonds. The average molecular weight is 225 g/mol. The number of hydrogen-bond donors (Lipinski definition) is 1. The third-order valence-electron chi connectivity index (χ3n) is 2.49. The molecule has 0 fully saturated rings. The largest absolute Gasteiger partial charge is 0.389 e. The van der Waals surface area contributed by atoms with Crippen LogP contribution in [0.1, 0.15) is 32.4 Å². The molecule has 1 N–H and O–H groups in total. The average Bonchev–Trinajstić information content (AvgIpc) is 2.16. The zero-order valence-electron chi connectivity index (χ0n) is 10.4. The Morgan fingerprint density at radius 3 is 2.44 bits per heavy atom. The van der Waals surface area contributed by atoms with E-state index in [4.69, 9.17) is 0 Å². The Labute approximate surface area is 96.7 Å². The monoisotopic (exact) mass is 225 g/mol. The van der Waals surface area contributed by atoms with Gasteiger partial charge in [-0.15, -0.1) is 0 Å². The van der Waals surface area contributed by atoms with Crippen LogP contribution in [0.25, 0.3) is 0 Å². The van der Waals surface area contributed by atoms with E-state index < -0.39 is 6.10 Å². The number of halogens is 1. The lowest BCUT2D eigenvalue weighted by Crippen LogP contribution is -2.24. The lowest BCUT2D eigenvalue weighted by Gasteiger charge is -2.25. The second-order valence-corrected chi connectivity index (χ2v) is 4.65. The number of nitrogens with zero attached hydrogens (tertiary/aromatic N) is 1. The van der Waals surface area contributed by atoms with Gasteiger partial charge in [-0.25, -0.2) is 4.39 Å². The molecule has 0 saturated carbocycles. The number of benzene rings is 1. The summed E-state index contributed by atoms with van der Waals surface area (Å²) in [4.78, 5) is 2.05. The van der Waals surface area contributed by atoms with Crippen molar-refractivity contribution in [3.8, 4) is 0 Å². The maximum Gasteiger partial charge on any atom is 0.123 e. The van der Waals surface area contributed by atoms with Crippen LogP contribution in [0.2, 0.25) is 0 Å². The highest BCUT2D eigenvalue weighted by Crippen LogP contribution is 2.26. The van der Waals surface area contributed by atoms with Crippen molar-refractivity contribution in [3.63, 3.8) is 0 Å². The maximum atomic E-state index is 13.1. The Hall–Kier alpha value is -1.09. The van der Waals surface area contributed by atoms with Gasteiger partial charge in [-0.1, -0.05) is 13.8 Å². The highest BCUT2D eigenvalue weighted by atomic mass is 19.1. The molecule has 0 unspecified atom stereocenters. The quantitative estimate of drug-likeness (QED) is 0.851. The van der Waals surface area contributed by atoms with E-state index in [1.165, 1.54) is 12.1 Å². The summed E-state index contributed by atoms with van der Waals surface area (Å²) in [6.45, 7) is 6.79. The minimum Gasteiger partial charge on any atom is -0.389 e. The molecule has 0 aliphatic rings. The minimum absolute atomic E-state index is 0.308. The Bertz CT molecular complexity index is 350. The predicted octanol–water partition coefficient (Wildman–Crippen LogP) is 2.97. The van der Waals surface area contributed by atoms with Crippen molar-refractivity contribution < 1.29 is 9.50 Å². The summed E-state index contributed by atoms with van der Waals surface area (Å²) >= 11 is 0. The van der Waals surface area contributed by atoms with Crippen molar-refractivity contribution in [2.24, 2.45) is 5.92 Å². The van der Waals surface area contributed by atoms with Gasteiger partial charge in [0.25, 0.3) is 0 Å². The van der Waals surface area contributed by atoms with Crippen LogP contribution in [0.4, 0.5) is 10.1 Å². The molecule has 1 aromatic carbocycles. The molecule has 0 radical (unpaired) electrons. The van der Waals surface area contributed by atoms with Crippen LogP contribution >= 0.6 is 0 Å². The summed E-state index contributed by atoms with van der Waals surface area (Å²) in [5.41, 5.74) is 1.54. The Balaban J connectivity index is 3.02. The summed E-state index contributed by atoms with van der Waals surface area (Å²) in [5.74, 6) is 0.217. The fraction of sp³-hybridized carbons (Fsp3) is 0.538. The van der Waals surface area contributed by atoms with Gasteiger partial charge in [0.2, 0.25) is 0 Å². The van der Waals surface area contributed by atoms with E-state index in [9.17, 15) is 9.50 Å². The molecular formula is C13H20FNO. The summed E-state index contributed by atoms with van der Waals surface area (Å²) < 4.78 is 13.1. The zero-order valence-corrected chi connectivity index (χ0v) is 10.4. The van der Waals surface area contributed by atoms with Crippen molar-refractivity contribution >= 4 is 5.69 Å². The summed E-state index contributed by atoms with van der Waals surface area (Å²) in [5, 5.41) is 9.62. The Kier molecular flexibility index (Phi) is 4.30. The summed E-state index contributed by atoms with van der Waals surface area (Å²) in [7, 11) is 1.96. The third kappa shape index (κ3) is 3.20. The number of anilines is 1. The van der Waals surface area contributed by atoms with Gasteiger partial charge in [0.05, 0.1) is 6.10 Å². The van der Waals surface area contributed by atoms with Crippen LogP contribution in [-0.2, 0) is 0 Å². The summed E-state index contributed by atoms with van der Waals surface area (Å²) in [6.07, 6.45) is -0.652. The molecule has 0 spiro atoms. The normalized spacial score (nSPS) is 12.9. The van der Waals surface area contributed by atoms with Crippen LogP contribution < -0.4 is 4.90 Å². The minimum atomic E-state index is -0.652. The molecule has 16 heavy (non-hydrogen) atoms. The van der Waals surface area contributed by atoms with Crippen LogP contribution in [0.5, 0.6) is 0 Å². The first kappa shape index (κ1) is 13.0. The van der Waals surface area contributed by atoms with Gasteiger partial charge in [-0.3, -0.25) is 0 Å². The van der Waals surface area contributed by atoms with Gasteiger partial charge < -0.3 is 10.0 Å². The zero-order chi connectivity index (χ0) is 12.3. The van der Waals surface area contributed by atoms with Crippen LogP contribution in [-0.4, -0.2) is 18.7 Å². The standard InChI is InChI=1S/C13H20FNO/c1-9(2)8-15(4)13-6-5-11(14)7-12(13)10(3)16/h5-7,9-10,16H,8H2,1-4H3/t10-/m1/s1. The van der Waals surface area contributed by atoms with Crippen LogP contribution in [0.15, 0.2) is 18.2 Å². The molecule has 0 bridgehead atoms. The van der Waals surface area contributed by atoms with E-state index in [0.717, 1.165) is 12.2 Å². The molecule has 0 aliphatic heterocycles. The van der Waals surface area contributed by atoms with E-state index in [-0.39, 0.29) is 5.82 Å². The highest BCUT2D eigenvalue weighted by Gasteiger charge is 2.13.